The number of imide groups is 1. The molecule has 0 spiro atoms. The summed E-state index contributed by atoms with van der Waals surface area (Å²) in [5, 5.41) is 5.49. The van der Waals surface area contributed by atoms with E-state index in [4.69, 9.17) is 0 Å². The molecule has 2 fully saturated rings. The van der Waals surface area contributed by atoms with Crippen LogP contribution in [0.15, 0.2) is 47.5 Å². The smallest absolute Gasteiger partial charge is 0.337 e. The van der Waals surface area contributed by atoms with Crippen LogP contribution in [0.3, 0.4) is 0 Å². The average molecular weight is 551 g/mol. The van der Waals surface area contributed by atoms with Crippen LogP contribution in [0.25, 0.3) is 0 Å². The van der Waals surface area contributed by atoms with Gasteiger partial charge in [0.2, 0.25) is 0 Å². The maximum absolute atomic E-state index is 13.3. The summed E-state index contributed by atoms with van der Waals surface area (Å²) < 4.78 is 37.9. The number of carbonyl (C=O) groups is 3. The third-order valence-corrected chi connectivity index (χ3v) is 7.21. The molecule has 0 bridgehead atoms. The fourth-order valence-corrected chi connectivity index (χ4v) is 4.98. The number of thioether (sulfide) groups is 1. The van der Waals surface area contributed by atoms with Gasteiger partial charge in [-0.1, -0.05) is 0 Å². The van der Waals surface area contributed by atoms with Gasteiger partial charge in [0.1, 0.15) is 11.4 Å². The van der Waals surface area contributed by atoms with Gasteiger partial charge in [0.05, 0.1) is 5.69 Å². The Bertz CT molecular complexity index is 1190. The van der Waals surface area contributed by atoms with Gasteiger partial charge in [0, 0.05) is 30.7 Å². The molecule has 9 nitrogen and oxygen atoms in total. The molecular weight excluding hydrogens is 521 g/mol. The van der Waals surface area contributed by atoms with Crippen molar-refractivity contribution in [3.05, 3.63) is 48.2 Å². The number of urea groups is 2. The topological polar surface area (TPSA) is 97.9 Å². The van der Waals surface area contributed by atoms with Crippen molar-refractivity contribution in [2.45, 2.75) is 49.2 Å². The summed E-state index contributed by atoms with van der Waals surface area (Å²) in [7, 11) is 0. The Morgan fingerprint density at radius 1 is 1.11 bits per heavy atom. The van der Waals surface area contributed by atoms with E-state index in [2.05, 4.69) is 20.5 Å². The van der Waals surface area contributed by atoms with Crippen LogP contribution in [-0.2, 0) is 11.3 Å². The summed E-state index contributed by atoms with van der Waals surface area (Å²) in [6.45, 7) is 6.65. The van der Waals surface area contributed by atoms with Crippen molar-refractivity contribution in [2.24, 2.45) is 0 Å². The highest BCUT2D eigenvalue weighted by atomic mass is 32.2. The summed E-state index contributed by atoms with van der Waals surface area (Å²) in [6, 6.07) is 7.40. The average Bonchev–Trinajstić information content (AvgIpc) is 3.41. The summed E-state index contributed by atoms with van der Waals surface area (Å²) >= 11 is -0.270. The molecule has 3 heterocycles. The van der Waals surface area contributed by atoms with E-state index in [0.717, 1.165) is 24.5 Å². The molecule has 204 valence electrons. The summed E-state index contributed by atoms with van der Waals surface area (Å²) in [6.07, 6.45) is 3.85. The van der Waals surface area contributed by atoms with Crippen molar-refractivity contribution >= 4 is 41.2 Å². The van der Waals surface area contributed by atoms with E-state index in [1.807, 2.05) is 0 Å². The number of rotatable bonds is 8. The minimum Gasteiger partial charge on any atom is -0.337 e. The molecule has 2 N–H and O–H groups in total. The second kappa shape index (κ2) is 11.2. The highest BCUT2D eigenvalue weighted by Crippen LogP contribution is 2.39. The standard InChI is InChI=1S/C25H29F3N6O3S/c1-24(2)21(35)34(18-5-7-19(8-6-18)38-25(26,27)28)23(37)33(24)16-17-9-10-29-20(15-17)31-22(36)30-11-14-32-12-3-4-13-32/h5-10,15H,3-4,11-14,16H2,1-2H3,(H2,29,30,31,36). The number of alkyl halides is 3. The lowest BCUT2D eigenvalue weighted by Gasteiger charge is -2.27. The molecule has 5 amide bonds. The van der Waals surface area contributed by atoms with Crippen LogP contribution in [0.1, 0.15) is 32.3 Å². The lowest BCUT2D eigenvalue weighted by molar-refractivity contribution is -0.123. The van der Waals surface area contributed by atoms with Gasteiger partial charge in [0.25, 0.3) is 5.91 Å². The van der Waals surface area contributed by atoms with Crippen LogP contribution in [0.5, 0.6) is 0 Å². The van der Waals surface area contributed by atoms with Crippen molar-refractivity contribution in [1.82, 2.24) is 20.1 Å². The molecule has 1 aromatic carbocycles. The maximum Gasteiger partial charge on any atom is 0.446 e. The molecule has 0 saturated carbocycles. The van der Waals surface area contributed by atoms with E-state index in [9.17, 15) is 27.6 Å². The Morgan fingerprint density at radius 3 is 2.45 bits per heavy atom. The van der Waals surface area contributed by atoms with Crippen molar-refractivity contribution in [3.8, 4) is 0 Å². The summed E-state index contributed by atoms with van der Waals surface area (Å²) in [5.41, 5.74) is -4.82. The number of likely N-dealkylation sites (tertiary alicyclic amines) is 1. The van der Waals surface area contributed by atoms with E-state index in [1.165, 1.54) is 48.2 Å². The van der Waals surface area contributed by atoms with E-state index in [0.29, 0.717) is 17.9 Å². The van der Waals surface area contributed by atoms with Crippen LogP contribution in [0, 0.1) is 0 Å². The molecule has 1 aromatic heterocycles. The molecule has 2 aliphatic rings. The number of hydrogen-bond acceptors (Lipinski definition) is 6. The number of benzene rings is 1. The van der Waals surface area contributed by atoms with Gasteiger partial charge in [-0.3, -0.25) is 10.1 Å². The van der Waals surface area contributed by atoms with Crippen molar-refractivity contribution in [1.29, 1.82) is 0 Å². The van der Waals surface area contributed by atoms with Crippen molar-refractivity contribution in [3.63, 3.8) is 0 Å². The van der Waals surface area contributed by atoms with Crippen LogP contribution < -0.4 is 15.5 Å². The number of carbonyl (C=O) groups excluding carboxylic acids is 3. The van der Waals surface area contributed by atoms with Gasteiger partial charge in [0.15, 0.2) is 0 Å². The monoisotopic (exact) mass is 550 g/mol. The normalized spacial score (nSPS) is 17.8. The molecule has 0 unspecified atom stereocenters. The van der Waals surface area contributed by atoms with E-state index in [-0.39, 0.29) is 34.9 Å². The first-order valence-corrected chi connectivity index (χ1v) is 13.0. The van der Waals surface area contributed by atoms with Crippen LogP contribution in [-0.4, -0.2) is 70.0 Å². The third-order valence-electron chi connectivity index (χ3n) is 6.47. The second-order valence-corrected chi connectivity index (χ2v) is 10.7. The SMILES string of the molecule is CC1(C)C(=O)N(c2ccc(SC(F)(F)F)cc2)C(=O)N1Cc1ccnc(NC(=O)NCCN2CCCC2)c1. The molecule has 0 aliphatic carbocycles. The number of pyridine rings is 1. The number of nitrogens with zero attached hydrogens (tertiary/aromatic N) is 4. The first-order valence-electron chi connectivity index (χ1n) is 12.2. The van der Waals surface area contributed by atoms with Crippen molar-refractivity contribution < 1.29 is 27.6 Å². The van der Waals surface area contributed by atoms with Crippen LogP contribution in [0.4, 0.5) is 34.3 Å². The first kappa shape index (κ1) is 27.7. The molecule has 2 aliphatic heterocycles. The van der Waals surface area contributed by atoms with Crippen LogP contribution >= 0.6 is 11.8 Å². The molecule has 0 atom stereocenters. The number of halogens is 3. The fourth-order valence-electron chi connectivity index (χ4n) is 4.44. The Balaban J connectivity index is 1.40. The fraction of sp³-hybridized carbons (Fsp3) is 0.440. The molecular formula is C25H29F3N6O3S. The van der Waals surface area contributed by atoms with Crippen molar-refractivity contribution in [2.75, 3.05) is 36.4 Å². The molecule has 4 rings (SSSR count). The van der Waals surface area contributed by atoms with E-state index < -0.39 is 23.0 Å². The number of aromatic nitrogens is 1. The van der Waals surface area contributed by atoms with Gasteiger partial charge in [-0.25, -0.2) is 19.5 Å². The minimum absolute atomic E-state index is 0.0478. The summed E-state index contributed by atoms with van der Waals surface area (Å²) in [4.78, 5) is 47.5. The molecule has 0 radical (unpaired) electrons. The zero-order valence-corrected chi connectivity index (χ0v) is 21.9. The highest BCUT2D eigenvalue weighted by Gasteiger charge is 2.51. The number of hydrogen-bond donors (Lipinski definition) is 2. The van der Waals surface area contributed by atoms with E-state index >= 15 is 0 Å². The Labute approximate surface area is 222 Å². The Morgan fingerprint density at radius 2 is 1.79 bits per heavy atom. The van der Waals surface area contributed by atoms with Gasteiger partial charge in [-0.05, 0) is 93.5 Å². The molecule has 13 heteroatoms. The maximum atomic E-state index is 13.3. The Kier molecular flexibility index (Phi) is 8.16. The zero-order chi connectivity index (χ0) is 27.5. The predicted octanol–water partition coefficient (Wildman–Crippen LogP) is 4.66. The molecule has 2 saturated heterocycles. The van der Waals surface area contributed by atoms with Gasteiger partial charge < -0.3 is 15.1 Å². The van der Waals surface area contributed by atoms with E-state index in [1.54, 1.807) is 26.0 Å². The molecule has 38 heavy (non-hydrogen) atoms. The molecule has 2 aromatic rings. The van der Waals surface area contributed by atoms with Gasteiger partial charge in [-0.2, -0.15) is 13.2 Å². The van der Waals surface area contributed by atoms with Gasteiger partial charge in [-0.15, -0.1) is 0 Å². The Hall–Kier alpha value is -3.32. The van der Waals surface area contributed by atoms with Gasteiger partial charge >= 0.3 is 17.6 Å². The summed E-state index contributed by atoms with van der Waals surface area (Å²) in [5.74, 6) is -0.199. The minimum atomic E-state index is -4.44. The quantitative estimate of drug-likeness (QED) is 0.367. The zero-order valence-electron chi connectivity index (χ0n) is 21.0. The number of anilines is 2. The largest absolute Gasteiger partial charge is 0.446 e. The lowest BCUT2D eigenvalue weighted by Crippen LogP contribution is -2.43. The second-order valence-electron chi connectivity index (χ2n) is 9.59. The number of amides is 5. The predicted molar refractivity (Wildman–Crippen MR) is 138 cm³/mol. The first-order chi connectivity index (χ1) is 17.9. The third kappa shape index (κ3) is 6.57. The van der Waals surface area contributed by atoms with Crippen LogP contribution in [0.2, 0.25) is 0 Å². The lowest BCUT2D eigenvalue weighted by atomic mass is 10.0. The number of nitrogens with one attached hydrogen (secondary N) is 2. The highest BCUT2D eigenvalue weighted by molar-refractivity contribution is 8.00.